The maximum Gasteiger partial charge on any atom is 0.331 e. The summed E-state index contributed by atoms with van der Waals surface area (Å²) in [5, 5.41) is 9.21. The van der Waals surface area contributed by atoms with E-state index in [0.29, 0.717) is 25.1 Å². The van der Waals surface area contributed by atoms with Gasteiger partial charge in [-0.05, 0) is 25.2 Å². The highest BCUT2D eigenvalue weighted by Crippen LogP contribution is 2.50. The van der Waals surface area contributed by atoms with E-state index in [1.54, 1.807) is 13.0 Å². The van der Waals surface area contributed by atoms with Crippen LogP contribution in [-0.2, 0) is 13.9 Å². The first-order valence-electron chi connectivity index (χ1n) is 6.85. The highest BCUT2D eigenvalue weighted by Gasteiger charge is 2.27. The van der Waals surface area contributed by atoms with Gasteiger partial charge in [0.15, 0.2) is 0 Å². The lowest BCUT2D eigenvalue weighted by Gasteiger charge is -2.20. The van der Waals surface area contributed by atoms with Crippen LogP contribution in [0.1, 0.15) is 41.0 Å². The fourth-order valence-corrected chi connectivity index (χ4v) is 4.50. The molecule has 1 atom stereocenters. The fraction of sp³-hybridized carbons (Fsp3) is 0.786. The number of hydrogen-bond acceptors (Lipinski definition) is 3. The summed E-state index contributed by atoms with van der Waals surface area (Å²) in [4.78, 5) is 11.2. The highest BCUT2D eigenvalue weighted by atomic mass is 31.2. The topological polar surface area (TPSA) is 63.6 Å². The molecule has 19 heavy (non-hydrogen) atoms. The van der Waals surface area contributed by atoms with E-state index in [1.807, 2.05) is 27.7 Å². The zero-order valence-electron chi connectivity index (χ0n) is 12.7. The maximum atomic E-state index is 12.7. The summed E-state index contributed by atoms with van der Waals surface area (Å²) in [6.45, 7) is 10.1. The average molecular weight is 290 g/mol. The minimum atomic E-state index is -2.89. The molecule has 0 aromatic heterocycles. The molecule has 0 rings (SSSR count). The SMILES string of the molecule is CCOP(=O)(C/C(=C/CC(C)C)C(=O)O)CC(C)C. The number of carboxylic acid groups (broad SMARTS) is 1. The number of carboxylic acids is 1. The van der Waals surface area contributed by atoms with Gasteiger partial charge >= 0.3 is 5.97 Å². The van der Waals surface area contributed by atoms with Crippen molar-refractivity contribution in [2.24, 2.45) is 11.8 Å². The largest absolute Gasteiger partial charge is 0.478 e. The van der Waals surface area contributed by atoms with Crippen LogP contribution in [0.4, 0.5) is 0 Å². The minimum absolute atomic E-state index is 0.0288. The molecule has 0 aromatic carbocycles. The van der Waals surface area contributed by atoms with Crippen molar-refractivity contribution < 1.29 is 19.0 Å². The molecule has 0 heterocycles. The standard InChI is InChI=1S/C14H27O4P/c1-6-18-19(17,9-12(4)5)10-13(14(15)16)8-7-11(2)3/h8,11-12H,6-7,9-10H2,1-5H3,(H,15,16)/b13-8-. The molecule has 112 valence electrons. The van der Waals surface area contributed by atoms with Crippen LogP contribution in [-0.4, -0.2) is 30.0 Å². The maximum absolute atomic E-state index is 12.7. The van der Waals surface area contributed by atoms with Crippen LogP contribution in [0.2, 0.25) is 0 Å². The number of rotatable bonds is 9. The fourth-order valence-electron chi connectivity index (χ4n) is 1.81. The summed E-state index contributed by atoms with van der Waals surface area (Å²) >= 11 is 0. The Hall–Kier alpha value is -0.600. The first-order chi connectivity index (χ1) is 8.70. The van der Waals surface area contributed by atoms with Crippen molar-refractivity contribution in [1.82, 2.24) is 0 Å². The van der Waals surface area contributed by atoms with E-state index in [4.69, 9.17) is 4.52 Å². The van der Waals surface area contributed by atoms with Gasteiger partial charge in [-0.3, -0.25) is 4.57 Å². The molecule has 0 aliphatic rings. The predicted molar refractivity (Wildman–Crippen MR) is 79.0 cm³/mol. The number of allylic oxidation sites excluding steroid dienone is 1. The van der Waals surface area contributed by atoms with Crippen molar-refractivity contribution in [1.29, 1.82) is 0 Å². The van der Waals surface area contributed by atoms with E-state index >= 15 is 0 Å². The lowest BCUT2D eigenvalue weighted by atomic mass is 10.1. The van der Waals surface area contributed by atoms with E-state index in [0.717, 1.165) is 0 Å². The average Bonchev–Trinajstić information content (AvgIpc) is 2.22. The molecule has 0 saturated heterocycles. The Morgan fingerprint density at radius 3 is 2.21 bits per heavy atom. The summed E-state index contributed by atoms with van der Waals surface area (Å²) in [7, 11) is -2.89. The first-order valence-corrected chi connectivity index (χ1v) is 8.84. The Balaban J connectivity index is 4.99. The van der Waals surface area contributed by atoms with Crippen LogP contribution in [0.25, 0.3) is 0 Å². The molecule has 0 aromatic rings. The summed E-state index contributed by atoms with van der Waals surface area (Å²) in [6, 6.07) is 0. The lowest BCUT2D eigenvalue weighted by Crippen LogP contribution is -2.12. The summed E-state index contributed by atoms with van der Waals surface area (Å²) in [5.41, 5.74) is 0.214. The van der Waals surface area contributed by atoms with Crippen LogP contribution in [0, 0.1) is 11.8 Å². The van der Waals surface area contributed by atoms with Crippen molar-refractivity contribution >= 4 is 13.3 Å². The van der Waals surface area contributed by atoms with Crippen LogP contribution >= 0.6 is 7.37 Å². The lowest BCUT2D eigenvalue weighted by molar-refractivity contribution is -0.132. The van der Waals surface area contributed by atoms with Crippen molar-refractivity contribution in [2.45, 2.75) is 41.0 Å². The quantitative estimate of drug-likeness (QED) is 0.514. The van der Waals surface area contributed by atoms with E-state index in [-0.39, 0.29) is 17.7 Å². The molecule has 0 bridgehead atoms. The summed E-state index contributed by atoms with van der Waals surface area (Å²) in [6.07, 6.45) is 2.81. The summed E-state index contributed by atoms with van der Waals surface area (Å²) < 4.78 is 18.0. The molecular formula is C14H27O4P. The zero-order chi connectivity index (χ0) is 15.1. The van der Waals surface area contributed by atoms with Gasteiger partial charge in [0.1, 0.15) is 0 Å². The number of hydrogen-bond donors (Lipinski definition) is 1. The van der Waals surface area contributed by atoms with Crippen molar-refractivity contribution in [3.05, 3.63) is 11.6 Å². The zero-order valence-corrected chi connectivity index (χ0v) is 13.6. The van der Waals surface area contributed by atoms with Crippen molar-refractivity contribution in [2.75, 3.05) is 18.9 Å². The van der Waals surface area contributed by atoms with Gasteiger partial charge in [-0.15, -0.1) is 0 Å². The molecule has 1 N–H and O–H groups in total. The summed E-state index contributed by atoms with van der Waals surface area (Å²) in [5.74, 6) is -0.396. The van der Waals surface area contributed by atoms with Crippen molar-refractivity contribution in [3.8, 4) is 0 Å². The number of aliphatic carboxylic acids is 1. The minimum Gasteiger partial charge on any atom is -0.478 e. The van der Waals surface area contributed by atoms with Gasteiger partial charge in [0, 0.05) is 11.7 Å². The Morgan fingerprint density at radius 1 is 1.26 bits per heavy atom. The number of carbonyl (C=O) groups is 1. The normalized spacial score (nSPS) is 15.8. The van der Waals surface area contributed by atoms with Gasteiger partial charge < -0.3 is 9.63 Å². The van der Waals surface area contributed by atoms with Crippen LogP contribution < -0.4 is 0 Å². The molecule has 0 spiro atoms. The van der Waals surface area contributed by atoms with E-state index in [2.05, 4.69) is 0 Å². The Labute approximate surface area is 116 Å². The third-order valence-corrected chi connectivity index (χ3v) is 5.37. The van der Waals surface area contributed by atoms with Crippen LogP contribution in [0.5, 0.6) is 0 Å². The smallest absolute Gasteiger partial charge is 0.331 e. The molecule has 1 unspecified atom stereocenters. The molecule has 0 amide bonds. The van der Waals surface area contributed by atoms with Crippen LogP contribution in [0.3, 0.4) is 0 Å². The van der Waals surface area contributed by atoms with Gasteiger partial charge in [0.25, 0.3) is 0 Å². The first kappa shape index (κ1) is 18.4. The molecular weight excluding hydrogens is 263 g/mol. The molecule has 0 aliphatic heterocycles. The van der Waals surface area contributed by atoms with E-state index < -0.39 is 13.3 Å². The third kappa shape index (κ3) is 8.22. The van der Waals surface area contributed by atoms with Crippen molar-refractivity contribution in [3.63, 3.8) is 0 Å². The van der Waals surface area contributed by atoms with Gasteiger partial charge in [-0.1, -0.05) is 33.8 Å². The Bertz CT molecular complexity index is 358. The highest BCUT2D eigenvalue weighted by molar-refractivity contribution is 7.59. The Morgan fingerprint density at radius 2 is 1.84 bits per heavy atom. The molecule has 5 heteroatoms. The second kappa shape index (κ2) is 8.55. The van der Waals surface area contributed by atoms with Gasteiger partial charge in [-0.2, -0.15) is 0 Å². The predicted octanol–water partition coefficient (Wildman–Crippen LogP) is 4.01. The molecule has 0 aliphatic carbocycles. The van der Waals surface area contributed by atoms with E-state index in [9.17, 15) is 14.5 Å². The second-order valence-electron chi connectivity index (χ2n) is 5.63. The van der Waals surface area contributed by atoms with Crippen LogP contribution in [0.15, 0.2) is 11.6 Å². The molecule has 4 nitrogen and oxygen atoms in total. The van der Waals surface area contributed by atoms with Gasteiger partial charge in [0.05, 0.1) is 12.8 Å². The van der Waals surface area contributed by atoms with Gasteiger partial charge in [0.2, 0.25) is 7.37 Å². The molecule has 0 radical (unpaired) electrons. The molecule has 0 saturated carbocycles. The van der Waals surface area contributed by atoms with Gasteiger partial charge in [-0.25, -0.2) is 4.79 Å². The van der Waals surface area contributed by atoms with E-state index in [1.165, 1.54) is 0 Å². The second-order valence-corrected chi connectivity index (χ2v) is 8.20. The third-order valence-electron chi connectivity index (χ3n) is 2.53. The Kier molecular flexibility index (Phi) is 8.28. The molecule has 0 fully saturated rings. The monoisotopic (exact) mass is 290 g/mol.